The van der Waals surface area contributed by atoms with Gasteiger partial charge in [0.1, 0.15) is 6.17 Å². The second-order valence-electron chi connectivity index (χ2n) is 8.87. The first-order valence-corrected chi connectivity index (χ1v) is 13.3. The maximum Gasteiger partial charge on any atom is 0.278 e. The van der Waals surface area contributed by atoms with Crippen molar-refractivity contribution < 1.29 is 14.6 Å². The fourth-order valence-corrected chi connectivity index (χ4v) is 7.78. The standard InChI is InChI=1S/C26H21N3O4S2/c30-19-7-9-28-22(23(19)31)26(32)27-10-11-33-13-20(27)29(28)21-17-4-2-1-3-16(17)14-35-25-18(21)6-5-15-8-12-34-24(15)25/h1-9,12,20-21,31H,10-11,13-14H2/t20-,21-/m1/s1. The predicted octanol–water partition coefficient (Wildman–Crippen LogP) is 3.91. The van der Waals surface area contributed by atoms with Gasteiger partial charge in [-0.25, -0.2) is 0 Å². The van der Waals surface area contributed by atoms with Gasteiger partial charge in [0, 0.05) is 34.2 Å². The third-order valence-corrected chi connectivity index (χ3v) is 9.32. The van der Waals surface area contributed by atoms with Crippen molar-refractivity contribution >= 4 is 39.1 Å². The smallest absolute Gasteiger partial charge is 0.278 e. The summed E-state index contributed by atoms with van der Waals surface area (Å²) in [5, 5.41) is 16.2. The fourth-order valence-electron chi connectivity index (χ4n) is 5.45. The average Bonchev–Trinajstić information content (AvgIpc) is 3.30. The summed E-state index contributed by atoms with van der Waals surface area (Å²) < 4.78 is 8.79. The first-order valence-electron chi connectivity index (χ1n) is 11.5. The number of amides is 1. The number of thioether (sulfide) groups is 1. The number of thiophene rings is 1. The molecule has 7 nitrogen and oxygen atoms in total. The minimum absolute atomic E-state index is 0.00350. The summed E-state index contributed by atoms with van der Waals surface area (Å²) in [4.78, 5) is 28.8. The van der Waals surface area contributed by atoms with Crippen molar-refractivity contribution in [2.45, 2.75) is 22.9 Å². The Kier molecular flexibility index (Phi) is 4.74. The molecule has 2 aromatic heterocycles. The zero-order valence-electron chi connectivity index (χ0n) is 18.6. The van der Waals surface area contributed by atoms with E-state index >= 15 is 0 Å². The zero-order valence-corrected chi connectivity index (χ0v) is 20.2. The van der Waals surface area contributed by atoms with E-state index in [1.165, 1.54) is 26.6 Å². The summed E-state index contributed by atoms with van der Waals surface area (Å²) in [6.45, 7) is 1.14. The largest absolute Gasteiger partial charge is 0.502 e. The fraction of sp³-hybridized carbons (Fsp3) is 0.231. The molecule has 0 radical (unpaired) electrons. The number of carbonyl (C=O) groups excluding carboxylic acids is 1. The van der Waals surface area contributed by atoms with Crippen molar-refractivity contribution in [2.24, 2.45) is 0 Å². The summed E-state index contributed by atoms with van der Waals surface area (Å²) >= 11 is 3.57. The van der Waals surface area contributed by atoms with Gasteiger partial charge in [-0.1, -0.05) is 36.4 Å². The third kappa shape index (κ3) is 3.01. The van der Waals surface area contributed by atoms with E-state index in [4.69, 9.17) is 4.74 Å². The number of hydrogen-bond acceptors (Lipinski definition) is 7. The number of aromatic nitrogens is 1. The number of carbonyl (C=O) groups is 1. The van der Waals surface area contributed by atoms with Crippen molar-refractivity contribution in [3.63, 3.8) is 0 Å². The normalized spacial score (nSPS) is 21.2. The van der Waals surface area contributed by atoms with E-state index in [9.17, 15) is 14.7 Å². The first kappa shape index (κ1) is 21.0. The molecule has 176 valence electrons. The molecule has 0 aliphatic carbocycles. The van der Waals surface area contributed by atoms with Gasteiger partial charge in [-0.05, 0) is 33.5 Å². The van der Waals surface area contributed by atoms with Gasteiger partial charge in [0.25, 0.3) is 5.91 Å². The molecular formula is C26H21N3O4S2. The molecule has 1 saturated heterocycles. The van der Waals surface area contributed by atoms with Crippen LogP contribution < -0.4 is 10.4 Å². The van der Waals surface area contributed by atoms with Gasteiger partial charge in [0.05, 0.1) is 19.3 Å². The van der Waals surface area contributed by atoms with Gasteiger partial charge in [-0.15, -0.1) is 23.1 Å². The number of ether oxygens (including phenoxy) is 1. The SMILES string of the molecule is O=C1c2c(O)c(=O)ccn2N([C@@H]2c3ccccc3CSc3c2ccc2ccsc32)[C@@H]2COCCN12. The van der Waals surface area contributed by atoms with Gasteiger partial charge in [0.2, 0.25) is 5.43 Å². The van der Waals surface area contributed by atoms with Gasteiger partial charge >= 0.3 is 0 Å². The highest BCUT2D eigenvalue weighted by Gasteiger charge is 2.45. The monoisotopic (exact) mass is 503 g/mol. The van der Waals surface area contributed by atoms with Crippen LogP contribution in [0.2, 0.25) is 0 Å². The molecule has 1 fully saturated rings. The van der Waals surface area contributed by atoms with Crippen LogP contribution in [0.4, 0.5) is 0 Å². The number of nitrogens with zero attached hydrogens (tertiary/aromatic N) is 3. The molecule has 0 bridgehead atoms. The highest BCUT2D eigenvalue weighted by atomic mass is 32.2. The van der Waals surface area contributed by atoms with Crippen LogP contribution in [-0.2, 0) is 10.5 Å². The number of pyridine rings is 1. The zero-order chi connectivity index (χ0) is 23.7. The third-order valence-electron chi connectivity index (χ3n) is 7.06. The number of morpholine rings is 1. The Balaban J connectivity index is 1.55. The van der Waals surface area contributed by atoms with Crippen LogP contribution in [0.1, 0.15) is 33.2 Å². The predicted molar refractivity (Wildman–Crippen MR) is 136 cm³/mol. The lowest BCUT2D eigenvalue weighted by Gasteiger charge is -2.51. The van der Waals surface area contributed by atoms with Crippen molar-refractivity contribution in [1.29, 1.82) is 0 Å². The first-order chi connectivity index (χ1) is 17.1. The van der Waals surface area contributed by atoms with Crippen molar-refractivity contribution in [1.82, 2.24) is 9.58 Å². The lowest BCUT2D eigenvalue weighted by Crippen LogP contribution is -2.66. The number of hydrogen-bond donors (Lipinski definition) is 1. The molecular weight excluding hydrogens is 482 g/mol. The van der Waals surface area contributed by atoms with Crippen LogP contribution in [0.5, 0.6) is 5.75 Å². The van der Waals surface area contributed by atoms with E-state index in [0.29, 0.717) is 19.8 Å². The topological polar surface area (TPSA) is 75.0 Å². The quantitative estimate of drug-likeness (QED) is 0.425. The Morgan fingerprint density at radius 3 is 2.83 bits per heavy atom. The number of aromatic hydroxyl groups is 1. The van der Waals surface area contributed by atoms with Crippen molar-refractivity contribution in [3.8, 4) is 5.75 Å². The Bertz CT molecular complexity index is 1560. The van der Waals surface area contributed by atoms with Crippen molar-refractivity contribution in [2.75, 3.05) is 24.8 Å². The van der Waals surface area contributed by atoms with Crippen LogP contribution in [0, 0.1) is 0 Å². The molecule has 1 amide bonds. The lowest BCUT2D eigenvalue weighted by molar-refractivity contribution is -0.0197. The highest BCUT2D eigenvalue weighted by molar-refractivity contribution is 7.99. The van der Waals surface area contributed by atoms with E-state index in [1.807, 2.05) is 17.8 Å². The minimum atomic E-state index is -0.561. The Morgan fingerprint density at radius 2 is 1.91 bits per heavy atom. The van der Waals surface area contributed by atoms with Crippen molar-refractivity contribution in [3.05, 3.63) is 92.7 Å². The lowest BCUT2D eigenvalue weighted by atomic mass is 9.93. The summed E-state index contributed by atoms with van der Waals surface area (Å²) in [5.41, 5.74) is 2.94. The van der Waals surface area contributed by atoms with Crippen LogP contribution in [0.3, 0.4) is 0 Å². The number of benzene rings is 2. The number of rotatable bonds is 1. The van der Waals surface area contributed by atoms with Gasteiger partial charge in [0.15, 0.2) is 11.4 Å². The van der Waals surface area contributed by atoms with E-state index in [-0.39, 0.29) is 17.6 Å². The van der Waals surface area contributed by atoms with Crippen LogP contribution in [0.25, 0.3) is 10.1 Å². The molecule has 2 atom stereocenters. The van der Waals surface area contributed by atoms with Crippen LogP contribution in [-0.4, -0.2) is 46.5 Å². The summed E-state index contributed by atoms with van der Waals surface area (Å²) in [6, 6.07) is 15.9. The Hall–Kier alpha value is -3.27. The summed E-state index contributed by atoms with van der Waals surface area (Å²) in [6.07, 6.45) is 1.21. The molecule has 2 aromatic carbocycles. The van der Waals surface area contributed by atoms with Gasteiger partial charge < -0.3 is 14.7 Å². The molecule has 3 aliphatic rings. The van der Waals surface area contributed by atoms with E-state index in [1.54, 1.807) is 27.1 Å². The molecule has 0 saturated carbocycles. The average molecular weight is 504 g/mol. The molecule has 35 heavy (non-hydrogen) atoms. The minimum Gasteiger partial charge on any atom is -0.502 e. The maximum atomic E-state index is 13.5. The molecule has 1 N–H and O–H groups in total. The van der Waals surface area contributed by atoms with E-state index in [0.717, 1.165) is 16.9 Å². The van der Waals surface area contributed by atoms with Crippen LogP contribution >= 0.6 is 23.1 Å². The number of fused-ring (bicyclic) bond motifs is 6. The molecule has 3 aliphatic heterocycles. The summed E-state index contributed by atoms with van der Waals surface area (Å²) in [7, 11) is 0. The van der Waals surface area contributed by atoms with Gasteiger partial charge in [-0.2, -0.15) is 0 Å². The van der Waals surface area contributed by atoms with Gasteiger partial charge in [-0.3, -0.25) is 19.3 Å². The second-order valence-corrected chi connectivity index (χ2v) is 10.8. The molecule has 0 spiro atoms. The molecule has 0 unspecified atom stereocenters. The molecule has 7 rings (SSSR count). The Morgan fingerprint density at radius 1 is 1.03 bits per heavy atom. The second kappa shape index (κ2) is 7.87. The summed E-state index contributed by atoms with van der Waals surface area (Å²) in [5.74, 6) is -0.0380. The molecule has 5 heterocycles. The molecule has 9 heteroatoms. The Labute approximate surface area is 209 Å². The van der Waals surface area contributed by atoms with Crippen LogP contribution in [0.15, 0.2) is 69.8 Å². The van der Waals surface area contributed by atoms with E-state index < -0.39 is 17.3 Å². The highest BCUT2D eigenvalue weighted by Crippen LogP contribution is 2.47. The molecule has 4 aromatic rings. The maximum absolute atomic E-state index is 13.5. The van der Waals surface area contributed by atoms with E-state index in [2.05, 4.69) is 46.8 Å².